The maximum atomic E-state index is 13.5. The first-order valence-electron chi connectivity index (χ1n) is 11.0. The number of halogens is 1. The first-order valence-corrected chi connectivity index (χ1v) is 11.8. The average molecular weight is 475 g/mol. The van der Waals surface area contributed by atoms with Crippen molar-refractivity contribution >= 4 is 50.7 Å². The molecule has 7 heteroatoms. The molecule has 0 saturated heterocycles. The van der Waals surface area contributed by atoms with Crippen molar-refractivity contribution in [1.29, 1.82) is 0 Å². The fourth-order valence-electron chi connectivity index (χ4n) is 3.87. The number of fused-ring (bicyclic) bond motifs is 1. The molecule has 0 aliphatic heterocycles. The number of anilines is 2. The van der Waals surface area contributed by atoms with Crippen LogP contribution in [0.4, 0.5) is 10.8 Å². The fourth-order valence-corrected chi connectivity index (χ4v) is 4.91. The van der Waals surface area contributed by atoms with E-state index in [0.29, 0.717) is 12.1 Å². The van der Waals surface area contributed by atoms with Gasteiger partial charge in [0.1, 0.15) is 0 Å². The first-order chi connectivity index (χ1) is 14.8. The van der Waals surface area contributed by atoms with Crippen LogP contribution in [0.3, 0.4) is 0 Å². The monoisotopic (exact) mass is 474 g/mol. The highest BCUT2D eigenvalue weighted by molar-refractivity contribution is 7.22. The van der Waals surface area contributed by atoms with Crippen molar-refractivity contribution in [2.75, 3.05) is 50.1 Å². The zero-order valence-corrected chi connectivity index (χ0v) is 21.6. The summed E-state index contributed by atoms with van der Waals surface area (Å²) in [6.07, 6.45) is 0.893. The summed E-state index contributed by atoms with van der Waals surface area (Å²) in [5.41, 5.74) is 5.22. The number of carbonyl (C=O) groups excluding carboxylic acids is 1. The molecule has 0 bridgehead atoms. The lowest BCUT2D eigenvalue weighted by atomic mass is 10.1. The summed E-state index contributed by atoms with van der Waals surface area (Å²) in [6, 6.07) is 12.3. The minimum Gasteiger partial charge on any atom is -0.372 e. The number of rotatable bonds is 9. The highest BCUT2D eigenvalue weighted by Crippen LogP contribution is 2.33. The molecule has 0 unspecified atom stereocenters. The lowest BCUT2D eigenvalue weighted by Crippen LogP contribution is -2.33. The number of aryl methyl sites for hydroxylation is 2. The second-order valence-corrected chi connectivity index (χ2v) is 9.24. The van der Waals surface area contributed by atoms with Gasteiger partial charge in [0.05, 0.1) is 10.2 Å². The van der Waals surface area contributed by atoms with Crippen LogP contribution in [-0.4, -0.2) is 56.1 Å². The van der Waals surface area contributed by atoms with Crippen LogP contribution in [0.1, 0.15) is 41.8 Å². The lowest BCUT2D eigenvalue weighted by molar-refractivity contribution is 0.0986. The molecule has 1 heterocycles. The van der Waals surface area contributed by atoms with E-state index in [2.05, 4.69) is 63.7 Å². The van der Waals surface area contributed by atoms with Crippen molar-refractivity contribution < 1.29 is 4.79 Å². The van der Waals surface area contributed by atoms with E-state index in [1.54, 1.807) is 11.3 Å². The van der Waals surface area contributed by atoms with Gasteiger partial charge in [-0.15, -0.1) is 12.4 Å². The van der Waals surface area contributed by atoms with Crippen LogP contribution >= 0.6 is 23.7 Å². The van der Waals surface area contributed by atoms with E-state index < -0.39 is 0 Å². The zero-order chi connectivity index (χ0) is 22.5. The molecule has 0 N–H and O–H groups in total. The van der Waals surface area contributed by atoms with Crippen LogP contribution in [0.5, 0.6) is 0 Å². The zero-order valence-electron chi connectivity index (χ0n) is 20.0. The summed E-state index contributed by atoms with van der Waals surface area (Å²) >= 11 is 1.61. The van der Waals surface area contributed by atoms with Crippen molar-refractivity contribution in [1.82, 2.24) is 9.88 Å². The van der Waals surface area contributed by atoms with Gasteiger partial charge >= 0.3 is 0 Å². The molecule has 1 amide bonds. The Bertz CT molecular complexity index is 1030. The normalized spacial score (nSPS) is 11.0. The second-order valence-electron chi connectivity index (χ2n) is 8.26. The summed E-state index contributed by atoms with van der Waals surface area (Å²) in [5.74, 6) is 0.0123. The van der Waals surface area contributed by atoms with Gasteiger partial charge in [-0.1, -0.05) is 17.4 Å². The Morgan fingerprint density at radius 2 is 1.66 bits per heavy atom. The van der Waals surface area contributed by atoms with E-state index >= 15 is 0 Å². The molecule has 3 aromatic rings. The van der Waals surface area contributed by atoms with Crippen LogP contribution in [0.15, 0.2) is 36.4 Å². The Kier molecular flexibility index (Phi) is 9.49. The van der Waals surface area contributed by atoms with Gasteiger partial charge in [0.25, 0.3) is 5.91 Å². The minimum absolute atomic E-state index is 0. The molecular formula is C25H35ClN4OS. The summed E-state index contributed by atoms with van der Waals surface area (Å²) in [7, 11) is 4.11. The predicted octanol–water partition coefficient (Wildman–Crippen LogP) is 5.78. The van der Waals surface area contributed by atoms with E-state index in [9.17, 15) is 4.79 Å². The molecule has 0 saturated carbocycles. The third kappa shape index (κ3) is 6.00. The van der Waals surface area contributed by atoms with Gasteiger partial charge in [0, 0.05) is 30.9 Å². The number of hydrogen-bond donors (Lipinski definition) is 0. The maximum Gasteiger partial charge on any atom is 0.260 e. The smallest absolute Gasteiger partial charge is 0.260 e. The predicted molar refractivity (Wildman–Crippen MR) is 141 cm³/mol. The molecule has 0 spiro atoms. The third-order valence-corrected chi connectivity index (χ3v) is 6.74. The number of hydrogen-bond acceptors (Lipinski definition) is 5. The summed E-state index contributed by atoms with van der Waals surface area (Å²) < 4.78 is 1.16. The molecule has 0 atom stereocenters. The van der Waals surface area contributed by atoms with Crippen LogP contribution < -0.4 is 9.80 Å². The van der Waals surface area contributed by atoms with Gasteiger partial charge < -0.3 is 9.80 Å². The third-order valence-electron chi connectivity index (χ3n) is 5.51. The van der Waals surface area contributed by atoms with Crippen LogP contribution in [0.2, 0.25) is 0 Å². The van der Waals surface area contributed by atoms with E-state index in [-0.39, 0.29) is 18.3 Å². The summed E-state index contributed by atoms with van der Waals surface area (Å²) in [4.78, 5) is 24.7. The highest BCUT2D eigenvalue weighted by Gasteiger charge is 2.22. The van der Waals surface area contributed by atoms with Crippen molar-refractivity contribution in [2.45, 2.75) is 34.1 Å². The SMILES string of the molecule is CCN(CC)c1ccc(C(=O)N(CCCN(C)C)c2nc3cc(C)cc(C)c3s2)cc1.Cl. The van der Waals surface area contributed by atoms with Crippen molar-refractivity contribution in [3.63, 3.8) is 0 Å². The fraction of sp³-hybridized carbons (Fsp3) is 0.440. The largest absolute Gasteiger partial charge is 0.372 e. The number of aromatic nitrogens is 1. The van der Waals surface area contributed by atoms with E-state index in [1.807, 2.05) is 29.2 Å². The van der Waals surface area contributed by atoms with Gasteiger partial charge in [-0.3, -0.25) is 9.69 Å². The first kappa shape index (κ1) is 26.1. The number of thiazole rings is 1. The number of carbonyl (C=O) groups is 1. The molecule has 2 aromatic carbocycles. The average Bonchev–Trinajstić information content (AvgIpc) is 3.16. The topological polar surface area (TPSA) is 39.7 Å². The van der Waals surface area contributed by atoms with Crippen molar-refractivity contribution in [3.8, 4) is 0 Å². The molecule has 1 aromatic heterocycles. The molecule has 3 rings (SSSR count). The van der Waals surface area contributed by atoms with Crippen molar-refractivity contribution in [3.05, 3.63) is 53.1 Å². The quantitative estimate of drug-likeness (QED) is 0.394. The molecule has 5 nitrogen and oxygen atoms in total. The molecule has 0 fully saturated rings. The van der Waals surface area contributed by atoms with Gasteiger partial charge in [-0.2, -0.15) is 0 Å². The maximum absolute atomic E-state index is 13.5. The molecule has 32 heavy (non-hydrogen) atoms. The molecule has 0 radical (unpaired) electrons. The highest BCUT2D eigenvalue weighted by atomic mass is 35.5. The Labute approximate surface area is 202 Å². The number of benzene rings is 2. The lowest BCUT2D eigenvalue weighted by Gasteiger charge is -2.23. The van der Waals surface area contributed by atoms with E-state index in [1.165, 1.54) is 11.1 Å². The molecule has 0 aliphatic rings. The van der Waals surface area contributed by atoms with Gasteiger partial charge in [-0.25, -0.2) is 4.98 Å². The van der Waals surface area contributed by atoms with Crippen LogP contribution in [0, 0.1) is 13.8 Å². The minimum atomic E-state index is 0. The van der Waals surface area contributed by atoms with Gasteiger partial charge in [-0.05, 0) is 96.2 Å². The van der Waals surface area contributed by atoms with E-state index in [0.717, 1.165) is 47.1 Å². The van der Waals surface area contributed by atoms with Gasteiger partial charge in [0.15, 0.2) is 5.13 Å². The Balaban J connectivity index is 0.00000363. The Hall–Kier alpha value is -2.15. The van der Waals surface area contributed by atoms with Gasteiger partial charge in [0.2, 0.25) is 0 Å². The number of nitrogens with zero attached hydrogens (tertiary/aromatic N) is 4. The summed E-state index contributed by atoms with van der Waals surface area (Å²) in [6.45, 7) is 12.0. The molecule has 174 valence electrons. The molecule has 0 aliphatic carbocycles. The van der Waals surface area contributed by atoms with Crippen LogP contribution in [0.25, 0.3) is 10.2 Å². The Morgan fingerprint density at radius 1 is 1.00 bits per heavy atom. The molecular weight excluding hydrogens is 440 g/mol. The Morgan fingerprint density at radius 3 is 2.25 bits per heavy atom. The standard InChI is InChI=1S/C25H34N4OS.ClH/c1-7-28(8-2)21-12-10-20(11-13-21)24(30)29(15-9-14-27(5)6)25-26-22-17-18(3)16-19(4)23(22)31-25;/h10-13,16-17H,7-9,14-15H2,1-6H3;1H. The van der Waals surface area contributed by atoms with Crippen LogP contribution in [-0.2, 0) is 0 Å². The van der Waals surface area contributed by atoms with Crippen molar-refractivity contribution in [2.24, 2.45) is 0 Å². The van der Waals surface area contributed by atoms with E-state index in [4.69, 9.17) is 4.98 Å². The second kappa shape index (κ2) is 11.6. The summed E-state index contributed by atoms with van der Waals surface area (Å²) in [5, 5.41) is 0.778. The number of amides is 1.